The number of amides is 2. The summed E-state index contributed by atoms with van der Waals surface area (Å²) in [4.78, 5) is 34.9. The Kier molecular flexibility index (Phi) is 8.13. The first-order valence-electron chi connectivity index (χ1n) is 12.1. The summed E-state index contributed by atoms with van der Waals surface area (Å²) in [5.41, 5.74) is 1.89. The molecule has 2 N–H and O–H groups in total. The van der Waals surface area contributed by atoms with Crippen LogP contribution in [0.5, 0.6) is 0 Å². The normalized spacial score (nSPS) is 14.6. The van der Waals surface area contributed by atoms with E-state index >= 15 is 0 Å². The quantitative estimate of drug-likeness (QED) is 0.478. The second-order valence-electron chi connectivity index (χ2n) is 9.50. The molecular weight excluding hydrogens is 477 g/mol. The molecule has 2 heterocycles. The van der Waals surface area contributed by atoms with E-state index in [1.165, 1.54) is 23.5 Å². The van der Waals surface area contributed by atoms with Crippen molar-refractivity contribution >= 4 is 28.3 Å². The second kappa shape index (κ2) is 11.3. The maximum absolute atomic E-state index is 13.2. The molecule has 2 aromatic carbocycles. The van der Waals surface area contributed by atoms with Crippen molar-refractivity contribution in [2.75, 3.05) is 31.5 Å². The first-order valence-corrected chi connectivity index (χ1v) is 12.9. The van der Waals surface area contributed by atoms with Gasteiger partial charge in [-0.2, -0.15) is 0 Å². The van der Waals surface area contributed by atoms with Crippen molar-refractivity contribution < 1.29 is 14.0 Å². The van der Waals surface area contributed by atoms with Crippen LogP contribution in [0.1, 0.15) is 31.2 Å². The van der Waals surface area contributed by atoms with Crippen molar-refractivity contribution in [1.29, 1.82) is 0 Å². The fraction of sp³-hybridized carbons (Fsp3) is 0.370. The van der Waals surface area contributed by atoms with Crippen LogP contribution in [0.15, 0.2) is 54.6 Å². The molecule has 7 nitrogen and oxygen atoms in total. The van der Waals surface area contributed by atoms with Gasteiger partial charge in [-0.25, -0.2) is 9.37 Å². The number of aromatic nitrogens is 1. The summed E-state index contributed by atoms with van der Waals surface area (Å²) in [5, 5.41) is 6.79. The lowest BCUT2D eigenvalue weighted by molar-refractivity contribution is -0.130. The molecule has 0 radical (unpaired) electrons. The Morgan fingerprint density at radius 1 is 1.03 bits per heavy atom. The molecular formula is C27H32FN5O2S. The van der Waals surface area contributed by atoms with Gasteiger partial charge in [-0.15, -0.1) is 0 Å². The van der Waals surface area contributed by atoms with E-state index in [1.807, 2.05) is 49.1 Å². The summed E-state index contributed by atoms with van der Waals surface area (Å²) in [6.45, 7) is 9.40. The van der Waals surface area contributed by atoms with Crippen molar-refractivity contribution in [3.05, 3.63) is 70.9 Å². The zero-order valence-corrected chi connectivity index (χ0v) is 21.7. The van der Waals surface area contributed by atoms with Gasteiger partial charge in [-0.1, -0.05) is 53.8 Å². The fourth-order valence-electron chi connectivity index (χ4n) is 4.02. The zero-order chi connectivity index (χ0) is 25.7. The van der Waals surface area contributed by atoms with E-state index < -0.39 is 5.54 Å². The second-order valence-corrected chi connectivity index (χ2v) is 10.6. The van der Waals surface area contributed by atoms with Crippen LogP contribution in [-0.2, 0) is 22.7 Å². The van der Waals surface area contributed by atoms with Gasteiger partial charge >= 0.3 is 0 Å². The van der Waals surface area contributed by atoms with E-state index in [9.17, 15) is 14.0 Å². The third kappa shape index (κ3) is 6.54. The Balaban J connectivity index is 1.46. The van der Waals surface area contributed by atoms with Gasteiger partial charge in [0.05, 0.1) is 11.2 Å². The minimum Gasteiger partial charge on any atom is -0.340 e. The van der Waals surface area contributed by atoms with E-state index in [-0.39, 0.29) is 17.6 Å². The summed E-state index contributed by atoms with van der Waals surface area (Å²) in [6.07, 6.45) is 0. The van der Waals surface area contributed by atoms with Crippen LogP contribution in [0, 0.1) is 5.82 Å². The molecule has 1 aromatic heterocycles. The number of nitrogens with one attached hydrogen (secondary N) is 2. The van der Waals surface area contributed by atoms with Gasteiger partial charge in [0, 0.05) is 56.6 Å². The van der Waals surface area contributed by atoms with Gasteiger partial charge in [0.2, 0.25) is 11.8 Å². The Hall–Kier alpha value is -3.14. The molecule has 1 fully saturated rings. The van der Waals surface area contributed by atoms with Gasteiger partial charge in [0.25, 0.3) is 0 Å². The van der Waals surface area contributed by atoms with Crippen LogP contribution in [0.2, 0.25) is 0 Å². The molecule has 0 unspecified atom stereocenters. The highest BCUT2D eigenvalue weighted by Gasteiger charge is 2.29. The Morgan fingerprint density at radius 3 is 2.33 bits per heavy atom. The number of carbonyl (C=O) groups excluding carboxylic acids is 2. The zero-order valence-electron chi connectivity index (χ0n) is 20.9. The maximum Gasteiger partial charge on any atom is 0.245 e. The Bertz CT molecular complexity index is 1190. The van der Waals surface area contributed by atoms with Crippen LogP contribution in [0.25, 0.3) is 11.3 Å². The summed E-state index contributed by atoms with van der Waals surface area (Å²) < 4.78 is 13.2. The first-order chi connectivity index (χ1) is 17.2. The van der Waals surface area contributed by atoms with Crippen molar-refractivity contribution in [2.45, 2.75) is 39.4 Å². The predicted molar refractivity (Wildman–Crippen MR) is 141 cm³/mol. The molecule has 0 bridgehead atoms. The monoisotopic (exact) mass is 509 g/mol. The predicted octanol–water partition coefficient (Wildman–Crippen LogP) is 4.12. The van der Waals surface area contributed by atoms with Crippen molar-refractivity contribution in [1.82, 2.24) is 20.1 Å². The van der Waals surface area contributed by atoms with Crippen molar-refractivity contribution in [3.63, 3.8) is 0 Å². The van der Waals surface area contributed by atoms with Crippen LogP contribution in [0.4, 0.5) is 9.52 Å². The first kappa shape index (κ1) is 25.9. The van der Waals surface area contributed by atoms with Gasteiger partial charge in [0.1, 0.15) is 5.82 Å². The number of rotatable bonds is 8. The van der Waals surface area contributed by atoms with E-state index in [0.717, 1.165) is 34.8 Å². The average molecular weight is 510 g/mol. The molecule has 3 aromatic rings. The number of anilines is 1. The lowest BCUT2D eigenvalue weighted by atomic mass is 10.0. The molecule has 0 atom stereocenters. The molecule has 0 aliphatic carbocycles. The lowest BCUT2D eigenvalue weighted by Gasteiger charge is -2.34. The molecule has 0 spiro atoms. The minimum atomic E-state index is -0.865. The number of hydrogen-bond acceptors (Lipinski definition) is 6. The SMILES string of the molecule is CC(=O)N1CCN(Cc2sc(NC(=O)C(C)(C)NCc3ccc(F)cc3)nc2-c2ccccc2)CC1. The van der Waals surface area contributed by atoms with Gasteiger partial charge < -0.3 is 10.2 Å². The molecule has 1 aliphatic heterocycles. The van der Waals surface area contributed by atoms with E-state index in [2.05, 4.69) is 15.5 Å². The number of hydrogen-bond donors (Lipinski definition) is 2. The van der Waals surface area contributed by atoms with Crippen LogP contribution in [-0.4, -0.2) is 58.3 Å². The summed E-state index contributed by atoms with van der Waals surface area (Å²) in [5.74, 6) is -0.372. The Labute approximate surface area is 215 Å². The van der Waals surface area contributed by atoms with E-state index in [1.54, 1.807) is 19.1 Å². The molecule has 1 aliphatic rings. The lowest BCUT2D eigenvalue weighted by Crippen LogP contribution is -2.49. The third-order valence-corrected chi connectivity index (χ3v) is 7.32. The highest BCUT2D eigenvalue weighted by atomic mass is 32.1. The van der Waals surface area contributed by atoms with E-state index in [0.29, 0.717) is 31.3 Å². The number of nitrogens with zero attached hydrogens (tertiary/aromatic N) is 3. The number of benzene rings is 2. The number of piperazine rings is 1. The summed E-state index contributed by atoms with van der Waals surface area (Å²) in [6, 6.07) is 16.2. The topological polar surface area (TPSA) is 77.6 Å². The maximum atomic E-state index is 13.2. The Morgan fingerprint density at radius 2 is 1.69 bits per heavy atom. The summed E-state index contributed by atoms with van der Waals surface area (Å²) in [7, 11) is 0. The van der Waals surface area contributed by atoms with Gasteiger partial charge in [-0.3, -0.25) is 19.8 Å². The number of halogens is 1. The molecule has 2 amide bonds. The molecule has 0 saturated carbocycles. The minimum absolute atomic E-state index is 0.109. The van der Waals surface area contributed by atoms with Gasteiger partial charge in [-0.05, 0) is 31.5 Å². The average Bonchev–Trinajstić information content (AvgIpc) is 3.26. The highest BCUT2D eigenvalue weighted by molar-refractivity contribution is 7.16. The van der Waals surface area contributed by atoms with Crippen molar-refractivity contribution in [3.8, 4) is 11.3 Å². The van der Waals surface area contributed by atoms with Crippen LogP contribution >= 0.6 is 11.3 Å². The standard InChI is InChI=1S/C27H32FN5O2S/c1-19(34)33-15-13-32(14-16-33)18-23-24(21-7-5-4-6-8-21)30-26(36-23)31-25(35)27(2,3)29-17-20-9-11-22(28)12-10-20/h4-12,29H,13-18H2,1-3H3,(H,30,31,35). The third-order valence-electron chi connectivity index (χ3n) is 6.37. The number of thiazole rings is 1. The highest BCUT2D eigenvalue weighted by Crippen LogP contribution is 2.33. The molecule has 190 valence electrons. The van der Waals surface area contributed by atoms with E-state index in [4.69, 9.17) is 4.98 Å². The van der Waals surface area contributed by atoms with Crippen LogP contribution < -0.4 is 10.6 Å². The fourth-order valence-corrected chi connectivity index (χ4v) is 5.04. The largest absolute Gasteiger partial charge is 0.340 e. The molecule has 36 heavy (non-hydrogen) atoms. The number of carbonyl (C=O) groups is 2. The molecule has 9 heteroatoms. The van der Waals surface area contributed by atoms with Crippen LogP contribution in [0.3, 0.4) is 0 Å². The van der Waals surface area contributed by atoms with Gasteiger partial charge in [0.15, 0.2) is 5.13 Å². The molecule has 4 rings (SSSR count). The molecule has 1 saturated heterocycles. The smallest absolute Gasteiger partial charge is 0.245 e. The summed E-state index contributed by atoms with van der Waals surface area (Å²) >= 11 is 1.48. The van der Waals surface area contributed by atoms with Crippen molar-refractivity contribution in [2.24, 2.45) is 0 Å².